The highest BCUT2D eigenvalue weighted by Gasteiger charge is 2.33. The minimum absolute atomic E-state index is 0.337. The molecule has 16 heavy (non-hydrogen) atoms. The predicted molar refractivity (Wildman–Crippen MR) is 69.0 cm³/mol. The minimum Gasteiger partial charge on any atom is -0.378 e. The Balaban J connectivity index is 2.69. The van der Waals surface area contributed by atoms with Crippen molar-refractivity contribution in [3.05, 3.63) is 11.6 Å². The van der Waals surface area contributed by atoms with E-state index in [1.807, 2.05) is 0 Å². The van der Waals surface area contributed by atoms with E-state index in [1.54, 1.807) is 6.92 Å². The monoisotopic (exact) mass is 220 g/mol. The van der Waals surface area contributed by atoms with E-state index in [9.17, 15) is 5.11 Å². The molecule has 0 aromatic carbocycles. The van der Waals surface area contributed by atoms with Crippen LogP contribution in [0.4, 0.5) is 0 Å². The molecule has 2 atom stereocenters. The molecule has 0 heterocycles. The van der Waals surface area contributed by atoms with Crippen molar-refractivity contribution in [2.75, 3.05) is 0 Å². The molecule has 0 saturated carbocycles. The van der Waals surface area contributed by atoms with Gasteiger partial charge >= 0.3 is 0 Å². The van der Waals surface area contributed by atoms with Gasteiger partial charge in [-0.15, -0.1) is 6.42 Å². The lowest BCUT2D eigenvalue weighted by molar-refractivity contribution is 0.0911. The van der Waals surface area contributed by atoms with E-state index >= 15 is 0 Å². The lowest BCUT2D eigenvalue weighted by Gasteiger charge is -2.39. The van der Waals surface area contributed by atoms with Crippen LogP contribution in [-0.2, 0) is 0 Å². The molecule has 1 aliphatic carbocycles. The summed E-state index contributed by atoms with van der Waals surface area (Å²) in [5, 5.41) is 9.85. The molecule has 0 spiro atoms. The van der Waals surface area contributed by atoms with E-state index in [-0.39, 0.29) is 0 Å². The normalized spacial score (nSPS) is 27.8. The Bertz CT molecular complexity index is 315. The summed E-state index contributed by atoms with van der Waals surface area (Å²) in [6, 6.07) is 0. The summed E-state index contributed by atoms with van der Waals surface area (Å²) >= 11 is 0. The molecule has 90 valence electrons. The van der Waals surface area contributed by atoms with Gasteiger partial charge in [0.05, 0.1) is 0 Å². The van der Waals surface area contributed by atoms with Gasteiger partial charge in [-0.3, -0.25) is 0 Å². The highest BCUT2D eigenvalue weighted by molar-refractivity contribution is 5.13. The van der Waals surface area contributed by atoms with Crippen LogP contribution in [0, 0.1) is 23.7 Å². The summed E-state index contributed by atoms with van der Waals surface area (Å²) in [4.78, 5) is 0. The van der Waals surface area contributed by atoms with E-state index in [4.69, 9.17) is 6.42 Å². The first-order valence-electron chi connectivity index (χ1n) is 6.15. The third kappa shape index (κ3) is 3.12. The molecule has 1 heteroatoms. The van der Waals surface area contributed by atoms with Crippen LogP contribution in [-0.4, -0.2) is 10.7 Å². The van der Waals surface area contributed by atoms with Crippen molar-refractivity contribution in [2.45, 2.75) is 59.0 Å². The number of rotatable bonds is 3. The second-order valence-corrected chi connectivity index (χ2v) is 5.98. The first-order chi connectivity index (χ1) is 7.28. The fourth-order valence-corrected chi connectivity index (χ4v) is 2.72. The van der Waals surface area contributed by atoms with Crippen LogP contribution in [0.15, 0.2) is 11.6 Å². The molecule has 0 fully saturated rings. The van der Waals surface area contributed by atoms with Crippen molar-refractivity contribution >= 4 is 0 Å². The second kappa shape index (κ2) is 4.63. The van der Waals surface area contributed by atoms with Gasteiger partial charge in [0.25, 0.3) is 0 Å². The van der Waals surface area contributed by atoms with Gasteiger partial charge in [-0.1, -0.05) is 31.4 Å². The summed E-state index contributed by atoms with van der Waals surface area (Å²) in [7, 11) is 0. The highest BCUT2D eigenvalue weighted by atomic mass is 16.3. The van der Waals surface area contributed by atoms with E-state index in [0.29, 0.717) is 17.8 Å². The van der Waals surface area contributed by atoms with E-state index in [2.05, 4.69) is 32.8 Å². The van der Waals surface area contributed by atoms with Gasteiger partial charge in [0, 0.05) is 0 Å². The van der Waals surface area contributed by atoms with Gasteiger partial charge in [-0.05, 0) is 50.9 Å². The zero-order chi connectivity index (χ0) is 12.4. The van der Waals surface area contributed by atoms with Crippen LogP contribution in [0.1, 0.15) is 53.4 Å². The Kier molecular flexibility index (Phi) is 3.86. The molecular weight excluding hydrogens is 196 g/mol. The standard InChI is InChI=1S/C15H24O/c1-6-15(5,16)11-9-13-12(2)8-7-10-14(13,3)4/h1,8,13,16H,7,9-11H2,2-5H3. The molecule has 1 nitrogen and oxygen atoms in total. The largest absolute Gasteiger partial charge is 0.378 e. The number of hydrogen-bond donors (Lipinski definition) is 1. The van der Waals surface area contributed by atoms with Crippen molar-refractivity contribution < 1.29 is 5.11 Å². The lowest BCUT2D eigenvalue weighted by atomic mass is 9.66. The Morgan fingerprint density at radius 3 is 2.75 bits per heavy atom. The molecule has 2 unspecified atom stereocenters. The molecular formula is C15H24O. The van der Waals surface area contributed by atoms with Gasteiger partial charge in [0.2, 0.25) is 0 Å². The maximum absolute atomic E-state index is 9.85. The maximum Gasteiger partial charge on any atom is 0.122 e. The molecule has 1 rings (SSSR count). The Labute approximate surface area is 99.9 Å². The molecule has 1 aliphatic rings. The number of hydrogen-bond acceptors (Lipinski definition) is 1. The average molecular weight is 220 g/mol. The maximum atomic E-state index is 9.85. The average Bonchev–Trinajstić information content (AvgIpc) is 2.16. The Morgan fingerprint density at radius 2 is 2.25 bits per heavy atom. The molecule has 0 radical (unpaired) electrons. The fourth-order valence-electron chi connectivity index (χ4n) is 2.72. The van der Waals surface area contributed by atoms with Crippen molar-refractivity contribution in [1.82, 2.24) is 0 Å². The lowest BCUT2D eigenvalue weighted by Crippen LogP contribution is -2.31. The third-order valence-electron chi connectivity index (χ3n) is 3.98. The van der Waals surface area contributed by atoms with E-state index in [0.717, 1.165) is 6.42 Å². The zero-order valence-corrected chi connectivity index (χ0v) is 11.0. The molecule has 0 aliphatic heterocycles. The van der Waals surface area contributed by atoms with Gasteiger partial charge in [0.1, 0.15) is 5.60 Å². The van der Waals surface area contributed by atoms with E-state index < -0.39 is 5.60 Å². The molecule has 0 aromatic heterocycles. The number of terminal acetylenes is 1. The van der Waals surface area contributed by atoms with Crippen molar-refractivity contribution in [3.63, 3.8) is 0 Å². The van der Waals surface area contributed by atoms with Gasteiger partial charge in [-0.2, -0.15) is 0 Å². The Morgan fingerprint density at radius 1 is 1.62 bits per heavy atom. The van der Waals surface area contributed by atoms with Gasteiger partial charge in [-0.25, -0.2) is 0 Å². The quantitative estimate of drug-likeness (QED) is 0.570. The van der Waals surface area contributed by atoms with Crippen molar-refractivity contribution in [1.29, 1.82) is 0 Å². The highest BCUT2D eigenvalue weighted by Crippen LogP contribution is 2.43. The summed E-state index contributed by atoms with van der Waals surface area (Å²) in [6.45, 7) is 8.57. The topological polar surface area (TPSA) is 20.2 Å². The van der Waals surface area contributed by atoms with Crippen LogP contribution in [0.5, 0.6) is 0 Å². The summed E-state index contributed by atoms with van der Waals surface area (Å²) in [6.07, 6.45) is 11.7. The summed E-state index contributed by atoms with van der Waals surface area (Å²) in [5.41, 5.74) is 0.848. The summed E-state index contributed by atoms with van der Waals surface area (Å²) in [5.74, 6) is 3.02. The van der Waals surface area contributed by atoms with E-state index in [1.165, 1.54) is 18.4 Å². The Hall–Kier alpha value is -0.740. The van der Waals surface area contributed by atoms with Crippen molar-refractivity contribution in [3.8, 4) is 12.3 Å². The first-order valence-corrected chi connectivity index (χ1v) is 6.15. The SMILES string of the molecule is C#CC(C)(O)CCC1C(C)=CCCC1(C)C. The van der Waals surface area contributed by atoms with Crippen LogP contribution >= 0.6 is 0 Å². The zero-order valence-electron chi connectivity index (χ0n) is 11.0. The molecule has 0 saturated heterocycles. The van der Waals surface area contributed by atoms with Gasteiger partial charge < -0.3 is 5.11 Å². The number of allylic oxidation sites excluding steroid dienone is 2. The van der Waals surface area contributed by atoms with Crippen LogP contribution in [0.3, 0.4) is 0 Å². The molecule has 1 N–H and O–H groups in total. The first kappa shape index (κ1) is 13.3. The van der Waals surface area contributed by atoms with Crippen LogP contribution in [0.2, 0.25) is 0 Å². The molecule has 0 amide bonds. The smallest absolute Gasteiger partial charge is 0.122 e. The fraction of sp³-hybridized carbons (Fsp3) is 0.733. The molecule has 0 bridgehead atoms. The van der Waals surface area contributed by atoms with Crippen LogP contribution in [0.25, 0.3) is 0 Å². The predicted octanol–water partition coefficient (Wildman–Crippen LogP) is 3.53. The second-order valence-electron chi connectivity index (χ2n) is 5.98. The van der Waals surface area contributed by atoms with Crippen LogP contribution < -0.4 is 0 Å². The minimum atomic E-state index is -0.951. The third-order valence-corrected chi connectivity index (χ3v) is 3.98. The number of aliphatic hydroxyl groups is 1. The van der Waals surface area contributed by atoms with Gasteiger partial charge in [0.15, 0.2) is 0 Å². The molecule has 0 aromatic rings. The summed E-state index contributed by atoms with van der Waals surface area (Å²) < 4.78 is 0. The van der Waals surface area contributed by atoms with Crippen molar-refractivity contribution in [2.24, 2.45) is 11.3 Å².